The second kappa shape index (κ2) is 4.79. The van der Waals surface area contributed by atoms with Crippen molar-refractivity contribution < 1.29 is 0 Å². The van der Waals surface area contributed by atoms with Crippen LogP contribution in [-0.2, 0) is 0 Å². The summed E-state index contributed by atoms with van der Waals surface area (Å²) < 4.78 is 0. The fourth-order valence-corrected chi connectivity index (χ4v) is 2.06. The van der Waals surface area contributed by atoms with Crippen LogP contribution in [0.4, 0.5) is 5.69 Å². The zero-order valence-corrected chi connectivity index (χ0v) is 8.74. The molecule has 1 fully saturated rings. The van der Waals surface area contributed by atoms with Crippen LogP contribution in [-0.4, -0.2) is 11.0 Å². The second-order valence-corrected chi connectivity index (χ2v) is 4.02. The summed E-state index contributed by atoms with van der Waals surface area (Å²) in [4.78, 5) is 3.95. The summed E-state index contributed by atoms with van der Waals surface area (Å²) in [6.07, 6.45) is 8.15. The molecule has 0 aliphatic heterocycles. The van der Waals surface area contributed by atoms with E-state index in [4.69, 9.17) is 5.26 Å². The lowest BCUT2D eigenvalue weighted by atomic mass is 9.95. The van der Waals surface area contributed by atoms with E-state index in [0.717, 1.165) is 5.69 Å². The molecule has 0 bridgehead atoms. The van der Waals surface area contributed by atoms with Gasteiger partial charge in [0.05, 0.1) is 0 Å². The van der Waals surface area contributed by atoms with Gasteiger partial charge >= 0.3 is 0 Å². The Balaban J connectivity index is 2.00. The first-order valence-corrected chi connectivity index (χ1v) is 5.51. The molecule has 1 N–H and O–H groups in total. The molecular weight excluding hydrogens is 186 g/mol. The number of nitrogens with zero attached hydrogens (tertiary/aromatic N) is 2. The molecule has 1 aliphatic rings. The molecule has 0 atom stereocenters. The van der Waals surface area contributed by atoms with Gasteiger partial charge in [0.2, 0.25) is 0 Å². The highest BCUT2D eigenvalue weighted by molar-refractivity contribution is 5.46. The van der Waals surface area contributed by atoms with Crippen molar-refractivity contribution in [1.82, 2.24) is 4.98 Å². The average molecular weight is 201 g/mol. The maximum absolute atomic E-state index is 8.73. The molecule has 0 aromatic carbocycles. The first-order chi connectivity index (χ1) is 7.38. The average Bonchev–Trinajstić information content (AvgIpc) is 2.31. The van der Waals surface area contributed by atoms with Crippen molar-refractivity contribution in [3.63, 3.8) is 0 Å². The topological polar surface area (TPSA) is 48.7 Å². The van der Waals surface area contributed by atoms with Gasteiger partial charge < -0.3 is 5.32 Å². The molecule has 1 aromatic heterocycles. The van der Waals surface area contributed by atoms with Gasteiger partial charge in [-0.1, -0.05) is 19.3 Å². The van der Waals surface area contributed by atoms with E-state index in [9.17, 15) is 0 Å². The summed E-state index contributed by atoms with van der Waals surface area (Å²) >= 11 is 0. The van der Waals surface area contributed by atoms with Crippen LogP contribution in [0.1, 0.15) is 37.8 Å². The number of aromatic nitrogens is 1. The van der Waals surface area contributed by atoms with Gasteiger partial charge in [0.25, 0.3) is 0 Å². The van der Waals surface area contributed by atoms with Gasteiger partial charge in [0.15, 0.2) is 0 Å². The molecule has 3 nitrogen and oxygen atoms in total. The Bertz CT molecular complexity index is 361. The lowest BCUT2D eigenvalue weighted by molar-refractivity contribution is 0.462. The third-order valence-corrected chi connectivity index (χ3v) is 2.85. The Kier molecular flexibility index (Phi) is 3.18. The number of hydrogen-bond acceptors (Lipinski definition) is 3. The highest BCUT2D eigenvalue weighted by atomic mass is 14.9. The van der Waals surface area contributed by atoms with Crippen LogP contribution in [0.25, 0.3) is 0 Å². The fourth-order valence-electron chi connectivity index (χ4n) is 2.06. The standard InChI is InChI=1S/C12H15N3/c13-9-12-8-11(6-7-14-12)15-10-4-2-1-3-5-10/h6-8,10H,1-5H2,(H,14,15). The monoisotopic (exact) mass is 201 g/mol. The van der Waals surface area contributed by atoms with Gasteiger partial charge in [-0.25, -0.2) is 4.98 Å². The minimum absolute atomic E-state index is 0.482. The summed E-state index contributed by atoms with van der Waals surface area (Å²) in [5.41, 5.74) is 1.50. The van der Waals surface area contributed by atoms with Crippen molar-refractivity contribution in [3.05, 3.63) is 24.0 Å². The van der Waals surface area contributed by atoms with E-state index in [1.807, 2.05) is 12.1 Å². The summed E-state index contributed by atoms with van der Waals surface area (Å²) in [6.45, 7) is 0. The summed E-state index contributed by atoms with van der Waals surface area (Å²) in [5.74, 6) is 0. The Hall–Kier alpha value is -1.56. The van der Waals surface area contributed by atoms with Crippen LogP contribution < -0.4 is 5.32 Å². The van der Waals surface area contributed by atoms with Gasteiger partial charge in [-0.3, -0.25) is 0 Å². The normalized spacial score (nSPS) is 17.0. The minimum Gasteiger partial charge on any atom is -0.382 e. The lowest BCUT2D eigenvalue weighted by Crippen LogP contribution is -2.22. The summed E-state index contributed by atoms with van der Waals surface area (Å²) in [5, 5.41) is 12.2. The maximum Gasteiger partial charge on any atom is 0.142 e. The van der Waals surface area contributed by atoms with E-state index in [2.05, 4.69) is 16.4 Å². The zero-order valence-electron chi connectivity index (χ0n) is 8.74. The number of hydrogen-bond donors (Lipinski definition) is 1. The highest BCUT2D eigenvalue weighted by Crippen LogP contribution is 2.21. The van der Waals surface area contributed by atoms with Crippen molar-refractivity contribution in [2.24, 2.45) is 0 Å². The van der Waals surface area contributed by atoms with E-state index in [1.54, 1.807) is 6.20 Å². The molecular formula is C12H15N3. The largest absolute Gasteiger partial charge is 0.382 e. The van der Waals surface area contributed by atoms with Gasteiger partial charge in [0.1, 0.15) is 11.8 Å². The molecule has 78 valence electrons. The van der Waals surface area contributed by atoms with Crippen molar-refractivity contribution >= 4 is 5.69 Å². The Labute approximate surface area is 90.1 Å². The first kappa shape index (κ1) is 9.97. The minimum atomic E-state index is 0.482. The molecule has 0 radical (unpaired) electrons. The van der Waals surface area contributed by atoms with Crippen LogP contribution >= 0.6 is 0 Å². The van der Waals surface area contributed by atoms with Crippen molar-refractivity contribution in [2.75, 3.05) is 5.32 Å². The summed E-state index contributed by atoms with van der Waals surface area (Å²) in [7, 11) is 0. The second-order valence-electron chi connectivity index (χ2n) is 4.02. The molecule has 0 amide bonds. The molecule has 1 heterocycles. The van der Waals surface area contributed by atoms with Gasteiger partial charge in [0, 0.05) is 17.9 Å². The third-order valence-electron chi connectivity index (χ3n) is 2.85. The van der Waals surface area contributed by atoms with Crippen LogP contribution in [0, 0.1) is 11.3 Å². The molecule has 1 saturated carbocycles. The highest BCUT2D eigenvalue weighted by Gasteiger charge is 2.12. The number of nitrogens with one attached hydrogen (secondary N) is 1. The lowest BCUT2D eigenvalue weighted by Gasteiger charge is -2.23. The molecule has 0 saturated heterocycles. The Morgan fingerprint density at radius 3 is 2.87 bits per heavy atom. The van der Waals surface area contributed by atoms with Gasteiger partial charge in [-0.15, -0.1) is 0 Å². The molecule has 15 heavy (non-hydrogen) atoms. The number of pyridine rings is 1. The molecule has 3 heteroatoms. The van der Waals surface area contributed by atoms with E-state index in [-0.39, 0.29) is 0 Å². The van der Waals surface area contributed by atoms with Crippen LogP contribution in [0.15, 0.2) is 18.3 Å². The smallest absolute Gasteiger partial charge is 0.142 e. The zero-order chi connectivity index (χ0) is 10.5. The molecule has 1 aromatic rings. The quantitative estimate of drug-likeness (QED) is 0.800. The molecule has 1 aliphatic carbocycles. The number of nitriles is 1. The van der Waals surface area contributed by atoms with Crippen LogP contribution in [0.5, 0.6) is 0 Å². The summed E-state index contributed by atoms with van der Waals surface area (Å²) in [6, 6.07) is 6.37. The van der Waals surface area contributed by atoms with Crippen molar-refractivity contribution in [2.45, 2.75) is 38.1 Å². The fraction of sp³-hybridized carbons (Fsp3) is 0.500. The Morgan fingerprint density at radius 2 is 2.13 bits per heavy atom. The SMILES string of the molecule is N#Cc1cc(NC2CCCCC2)ccn1. The van der Waals surface area contributed by atoms with Crippen molar-refractivity contribution in [1.29, 1.82) is 5.26 Å². The number of rotatable bonds is 2. The number of anilines is 1. The predicted molar refractivity (Wildman–Crippen MR) is 59.4 cm³/mol. The molecule has 2 rings (SSSR count). The van der Waals surface area contributed by atoms with Crippen LogP contribution in [0.3, 0.4) is 0 Å². The van der Waals surface area contributed by atoms with E-state index < -0.39 is 0 Å². The van der Waals surface area contributed by atoms with Crippen LogP contribution in [0.2, 0.25) is 0 Å². The molecule has 0 unspecified atom stereocenters. The van der Waals surface area contributed by atoms with E-state index in [1.165, 1.54) is 32.1 Å². The molecule has 0 spiro atoms. The first-order valence-electron chi connectivity index (χ1n) is 5.51. The van der Waals surface area contributed by atoms with Crippen molar-refractivity contribution in [3.8, 4) is 6.07 Å². The van der Waals surface area contributed by atoms with E-state index >= 15 is 0 Å². The predicted octanol–water partition coefficient (Wildman–Crippen LogP) is 2.70. The maximum atomic E-state index is 8.73. The van der Waals surface area contributed by atoms with E-state index in [0.29, 0.717) is 11.7 Å². The van der Waals surface area contributed by atoms with Gasteiger partial charge in [-0.2, -0.15) is 5.26 Å². The van der Waals surface area contributed by atoms with Gasteiger partial charge in [-0.05, 0) is 25.0 Å². The Morgan fingerprint density at radius 1 is 1.33 bits per heavy atom. The third kappa shape index (κ3) is 2.69.